The zero-order valence-electron chi connectivity index (χ0n) is 14.8. The zero-order chi connectivity index (χ0) is 19.5. The number of halogens is 2. The Morgan fingerprint density at radius 1 is 0.964 bits per heavy atom. The van der Waals surface area contributed by atoms with Crippen LogP contribution in [0.2, 0.25) is 0 Å². The van der Waals surface area contributed by atoms with Crippen molar-refractivity contribution in [1.29, 1.82) is 0 Å². The van der Waals surface area contributed by atoms with E-state index in [1.54, 1.807) is 42.5 Å². The fourth-order valence-electron chi connectivity index (χ4n) is 2.98. The molecule has 4 aromatic rings. The van der Waals surface area contributed by atoms with Crippen molar-refractivity contribution in [3.05, 3.63) is 95.0 Å². The number of aromatic nitrogens is 2. The molecule has 6 heteroatoms. The van der Waals surface area contributed by atoms with Crippen molar-refractivity contribution in [3.63, 3.8) is 0 Å². The number of fused-ring (bicyclic) bond motifs is 1. The Labute approximate surface area is 159 Å². The van der Waals surface area contributed by atoms with Crippen molar-refractivity contribution in [1.82, 2.24) is 9.55 Å². The monoisotopic (exact) mass is 378 g/mol. The van der Waals surface area contributed by atoms with Crippen LogP contribution in [0, 0.1) is 11.6 Å². The van der Waals surface area contributed by atoms with Crippen LogP contribution < -0.4 is 10.3 Å². The van der Waals surface area contributed by atoms with Crippen molar-refractivity contribution >= 4 is 10.9 Å². The number of nitrogens with zero attached hydrogens (tertiary/aromatic N) is 2. The Hall–Kier alpha value is -3.54. The molecule has 0 aliphatic heterocycles. The third-order valence-electron chi connectivity index (χ3n) is 4.43. The van der Waals surface area contributed by atoms with Gasteiger partial charge < -0.3 is 4.74 Å². The van der Waals surface area contributed by atoms with Crippen LogP contribution in [0.5, 0.6) is 5.75 Å². The van der Waals surface area contributed by atoms with Gasteiger partial charge in [-0.3, -0.25) is 9.36 Å². The molecule has 28 heavy (non-hydrogen) atoms. The summed E-state index contributed by atoms with van der Waals surface area (Å²) >= 11 is 0. The fourth-order valence-corrected chi connectivity index (χ4v) is 2.98. The summed E-state index contributed by atoms with van der Waals surface area (Å²) in [7, 11) is 0. The average molecular weight is 378 g/mol. The molecule has 1 aromatic heterocycles. The summed E-state index contributed by atoms with van der Waals surface area (Å²) in [4.78, 5) is 16.7. The molecule has 0 atom stereocenters. The lowest BCUT2D eigenvalue weighted by molar-refractivity contribution is 0.296. The molecule has 0 fully saturated rings. The predicted octanol–water partition coefficient (Wildman–Crippen LogP) is 4.42. The number of para-hydroxylation sites is 1. The van der Waals surface area contributed by atoms with Gasteiger partial charge in [0.15, 0.2) is 0 Å². The SMILES string of the molecule is O=c1c2ccccc2ncn1CCOc1ccc(-c2ccc(F)cc2F)cc1. The second-order valence-corrected chi connectivity index (χ2v) is 6.26. The molecule has 0 spiro atoms. The summed E-state index contributed by atoms with van der Waals surface area (Å²) in [6, 6.07) is 17.5. The van der Waals surface area contributed by atoms with E-state index in [9.17, 15) is 13.6 Å². The van der Waals surface area contributed by atoms with Gasteiger partial charge in [-0.05, 0) is 42.0 Å². The van der Waals surface area contributed by atoms with Crippen LogP contribution in [0.15, 0.2) is 77.9 Å². The fraction of sp³-hybridized carbons (Fsp3) is 0.0909. The van der Waals surface area contributed by atoms with Crippen LogP contribution in [-0.4, -0.2) is 16.2 Å². The molecule has 0 amide bonds. The van der Waals surface area contributed by atoms with Crippen LogP contribution in [0.3, 0.4) is 0 Å². The van der Waals surface area contributed by atoms with Gasteiger partial charge in [0.2, 0.25) is 0 Å². The van der Waals surface area contributed by atoms with E-state index in [2.05, 4.69) is 4.98 Å². The standard InChI is InChI=1S/C22H16F2N2O2/c23-16-7-10-18(20(24)13-16)15-5-8-17(9-6-15)28-12-11-26-14-25-21-4-2-1-3-19(21)22(26)27/h1-10,13-14H,11-12H2. The van der Waals surface area contributed by atoms with E-state index in [-0.39, 0.29) is 12.2 Å². The number of rotatable bonds is 5. The van der Waals surface area contributed by atoms with E-state index >= 15 is 0 Å². The highest BCUT2D eigenvalue weighted by Crippen LogP contribution is 2.25. The minimum absolute atomic E-state index is 0.115. The van der Waals surface area contributed by atoms with E-state index in [4.69, 9.17) is 4.74 Å². The van der Waals surface area contributed by atoms with Gasteiger partial charge in [-0.15, -0.1) is 0 Å². The van der Waals surface area contributed by atoms with Crippen molar-refractivity contribution in [2.75, 3.05) is 6.61 Å². The summed E-state index contributed by atoms with van der Waals surface area (Å²) in [5.74, 6) is -0.635. The normalized spacial score (nSPS) is 10.9. The minimum Gasteiger partial charge on any atom is -0.492 e. The van der Waals surface area contributed by atoms with E-state index in [1.807, 2.05) is 6.07 Å². The molecular formula is C22H16F2N2O2. The molecule has 0 radical (unpaired) electrons. The Morgan fingerprint density at radius 3 is 2.54 bits per heavy atom. The van der Waals surface area contributed by atoms with E-state index in [0.29, 0.717) is 34.3 Å². The highest BCUT2D eigenvalue weighted by Gasteiger charge is 2.07. The first-order chi connectivity index (χ1) is 13.6. The predicted molar refractivity (Wildman–Crippen MR) is 103 cm³/mol. The quantitative estimate of drug-likeness (QED) is 0.516. The van der Waals surface area contributed by atoms with Crippen LogP contribution in [0.4, 0.5) is 8.78 Å². The lowest BCUT2D eigenvalue weighted by atomic mass is 10.1. The molecule has 0 aliphatic rings. The van der Waals surface area contributed by atoms with Gasteiger partial charge in [-0.1, -0.05) is 24.3 Å². The van der Waals surface area contributed by atoms with Gasteiger partial charge >= 0.3 is 0 Å². The van der Waals surface area contributed by atoms with Gasteiger partial charge in [0.05, 0.1) is 23.8 Å². The van der Waals surface area contributed by atoms with Crippen LogP contribution in [0.1, 0.15) is 0 Å². The molecule has 0 bridgehead atoms. The van der Waals surface area contributed by atoms with Crippen molar-refractivity contribution < 1.29 is 13.5 Å². The van der Waals surface area contributed by atoms with Crippen molar-refractivity contribution in [2.45, 2.75) is 6.54 Å². The van der Waals surface area contributed by atoms with Crippen molar-refractivity contribution in [3.8, 4) is 16.9 Å². The Bertz CT molecular complexity index is 1190. The van der Waals surface area contributed by atoms with Gasteiger partial charge in [-0.2, -0.15) is 0 Å². The first-order valence-electron chi connectivity index (χ1n) is 8.74. The van der Waals surface area contributed by atoms with E-state index < -0.39 is 11.6 Å². The van der Waals surface area contributed by atoms with Crippen LogP contribution >= 0.6 is 0 Å². The van der Waals surface area contributed by atoms with Crippen LogP contribution in [-0.2, 0) is 6.54 Å². The number of hydrogen-bond acceptors (Lipinski definition) is 3. The summed E-state index contributed by atoms with van der Waals surface area (Å²) in [6.45, 7) is 0.634. The lowest BCUT2D eigenvalue weighted by Gasteiger charge is -2.10. The topological polar surface area (TPSA) is 44.1 Å². The van der Waals surface area contributed by atoms with E-state index in [0.717, 1.165) is 6.07 Å². The Balaban J connectivity index is 1.43. The molecule has 3 aromatic carbocycles. The lowest BCUT2D eigenvalue weighted by Crippen LogP contribution is -2.23. The Morgan fingerprint density at radius 2 is 1.75 bits per heavy atom. The zero-order valence-corrected chi connectivity index (χ0v) is 14.8. The molecule has 4 rings (SSSR count). The number of hydrogen-bond donors (Lipinski definition) is 0. The maximum absolute atomic E-state index is 13.9. The Kier molecular flexibility index (Phi) is 4.85. The van der Waals surface area contributed by atoms with E-state index in [1.165, 1.54) is 23.0 Å². The van der Waals surface area contributed by atoms with Gasteiger partial charge in [0.1, 0.15) is 24.0 Å². The highest BCUT2D eigenvalue weighted by atomic mass is 19.1. The van der Waals surface area contributed by atoms with Crippen LogP contribution in [0.25, 0.3) is 22.0 Å². The third-order valence-corrected chi connectivity index (χ3v) is 4.43. The summed E-state index contributed by atoms with van der Waals surface area (Å²) in [5.41, 5.74) is 1.49. The summed E-state index contributed by atoms with van der Waals surface area (Å²) in [6.07, 6.45) is 1.51. The molecule has 4 nitrogen and oxygen atoms in total. The van der Waals surface area contributed by atoms with Gasteiger partial charge in [0.25, 0.3) is 5.56 Å². The number of ether oxygens (including phenoxy) is 1. The van der Waals surface area contributed by atoms with Gasteiger partial charge in [0, 0.05) is 11.6 Å². The molecule has 0 N–H and O–H groups in total. The minimum atomic E-state index is -0.614. The van der Waals surface area contributed by atoms with Gasteiger partial charge in [-0.25, -0.2) is 13.8 Å². The first-order valence-corrected chi connectivity index (χ1v) is 8.74. The molecule has 0 unspecified atom stereocenters. The smallest absolute Gasteiger partial charge is 0.261 e. The van der Waals surface area contributed by atoms with Crippen molar-refractivity contribution in [2.24, 2.45) is 0 Å². The first kappa shape index (κ1) is 17.9. The summed E-state index contributed by atoms with van der Waals surface area (Å²) < 4.78 is 34.1. The molecule has 1 heterocycles. The summed E-state index contributed by atoms with van der Waals surface area (Å²) in [5, 5.41) is 0.565. The second kappa shape index (κ2) is 7.60. The molecule has 0 saturated carbocycles. The highest BCUT2D eigenvalue weighted by molar-refractivity contribution is 5.76. The molecule has 0 aliphatic carbocycles. The molecular weight excluding hydrogens is 362 g/mol. The largest absolute Gasteiger partial charge is 0.492 e. The maximum Gasteiger partial charge on any atom is 0.261 e. The maximum atomic E-state index is 13.9. The second-order valence-electron chi connectivity index (χ2n) is 6.26. The molecule has 0 saturated heterocycles. The average Bonchev–Trinajstić information content (AvgIpc) is 2.71. The number of benzene rings is 3. The molecule has 140 valence electrons. The third kappa shape index (κ3) is 3.62.